The minimum absolute atomic E-state index is 0.00961. The zero-order valence-corrected chi connectivity index (χ0v) is 12.4. The number of ether oxygens (including phenoxy) is 1. The molecule has 0 rings (SSSR count). The van der Waals surface area contributed by atoms with E-state index in [1.807, 2.05) is 0 Å². The summed E-state index contributed by atoms with van der Waals surface area (Å²) in [6.45, 7) is 3.84. The molecule has 1 atom stereocenters. The summed E-state index contributed by atoms with van der Waals surface area (Å²) < 4.78 is 4.95. The van der Waals surface area contributed by atoms with E-state index in [2.05, 4.69) is 6.92 Å². The van der Waals surface area contributed by atoms with Gasteiger partial charge in [0.2, 0.25) is 5.91 Å². The number of methoxy groups -OCH3 is 1. The number of aliphatic hydroxyl groups excluding tert-OH is 1. The van der Waals surface area contributed by atoms with Gasteiger partial charge in [-0.3, -0.25) is 4.79 Å². The molecule has 0 aromatic heterocycles. The average Bonchev–Trinajstić information content (AvgIpc) is 2.41. The summed E-state index contributed by atoms with van der Waals surface area (Å²) in [4.78, 5) is 13.8. The van der Waals surface area contributed by atoms with Crippen LogP contribution >= 0.6 is 0 Å². The summed E-state index contributed by atoms with van der Waals surface area (Å²) in [5.74, 6) is -0.0540. The number of nitrogens with two attached hydrogens (primary N) is 1. The Kier molecular flexibility index (Phi) is 12.0. The van der Waals surface area contributed by atoms with Gasteiger partial charge >= 0.3 is 0 Å². The highest BCUT2D eigenvalue weighted by atomic mass is 16.5. The minimum atomic E-state index is -0.479. The van der Waals surface area contributed by atoms with Crippen LogP contribution in [-0.2, 0) is 9.53 Å². The molecule has 0 bridgehead atoms. The Morgan fingerprint density at radius 3 is 2.58 bits per heavy atom. The van der Waals surface area contributed by atoms with Gasteiger partial charge < -0.3 is 20.5 Å². The molecule has 0 heterocycles. The van der Waals surface area contributed by atoms with Gasteiger partial charge in [-0.2, -0.15) is 0 Å². The second kappa shape index (κ2) is 12.4. The largest absolute Gasteiger partial charge is 0.395 e. The highest BCUT2D eigenvalue weighted by Gasteiger charge is 2.19. The maximum Gasteiger partial charge on any atom is 0.239 e. The van der Waals surface area contributed by atoms with E-state index in [-0.39, 0.29) is 12.5 Å². The molecule has 0 aliphatic heterocycles. The van der Waals surface area contributed by atoms with Crippen molar-refractivity contribution in [3.8, 4) is 0 Å². The Bertz CT molecular complexity index is 225. The van der Waals surface area contributed by atoms with Crippen molar-refractivity contribution in [3.63, 3.8) is 0 Å². The van der Waals surface area contributed by atoms with Gasteiger partial charge in [-0.1, -0.05) is 26.2 Å². The van der Waals surface area contributed by atoms with Crippen molar-refractivity contribution in [2.75, 3.05) is 33.4 Å². The van der Waals surface area contributed by atoms with Crippen LogP contribution in [0.25, 0.3) is 0 Å². The molecule has 5 nitrogen and oxygen atoms in total. The van der Waals surface area contributed by atoms with Gasteiger partial charge in [0.05, 0.1) is 12.6 Å². The number of amides is 1. The summed E-state index contributed by atoms with van der Waals surface area (Å²) in [5, 5.41) is 9.03. The second-order valence-corrected chi connectivity index (χ2v) is 4.85. The molecule has 0 aliphatic rings. The number of carbonyl (C=O) groups is 1. The smallest absolute Gasteiger partial charge is 0.239 e. The zero-order chi connectivity index (χ0) is 14.5. The second-order valence-electron chi connectivity index (χ2n) is 4.85. The maximum atomic E-state index is 12.1. The molecule has 1 unspecified atom stereocenters. The molecule has 0 fully saturated rings. The topological polar surface area (TPSA) is 75.8 Å². The van der Waals surface area contributed by atoms with Gasteiger partial charge in [0.15, 0.2) is 0 Å². The fourth-order valence-corrected chi connectivity index (χ4v) is 1.99. The molecule has 0 aromatic rings. The summed E-state index contributed by atoms with van der Waals surface area (Å²) in [6.07, 6.45) is 5.86. The quantitative estimate of drug-likeness (QED) is 0.523. The maximum absolute atomic E-state index is 12.1. The first-order valence-electron chi connectivity index (χ1n) is 7.31. The number of hydrogen-bond donors (Lipinski definition) is 2. The lowest BCUT2D eigenvalue weighted by molar-refractivity contribution is -0.133. The Labute approximate surface area is 117 Å². The highest BCUT2D eigenvalue weighted by Crippen LogP contribution is 2.05. The van der Waals surface area contributed by atoms with E-state index in [1.165, 1.54) is 12.8 Å². The van der Waals surface area contributed by atoms with Crippen molar-refractivity contribution in [2.24, 2.45) is 5.73 Å². The average molecular weight is 274 g/mol. The van der Waals surface area contributed by atoms with Crippen LogP contribution in [0.1, 0.15) is 45.4 Å². The standard InChI is InChI=1S/C14H30N2O3/c1-3-4-5-6-9-16(10-11-17)14(18)13(15)8-7-12-19-2/h13,17H,3-12,15H2,1-2H3. The first-order chi connectivity index (χ1) is 9.17. The summed E-state index contributed by atoms with van der Waals surface area (Å²) in [5.41, 5.74) is 5.89. The van der Waals surface area contributed by atoms with Crippen molar-refractivity contribution >= 4 is 5.91 Å². The Hall–Kier alpha value is -0.650. The van der Waals surface area contributed by atoms with Crippen LogP contribution in [0.15, 0.2) is 0 Å². The molecule has 0 saturated heterocycles. The highest BCUT2D eigenvalue weighted by molar-refractivity contribution is 5.81. The number of aliphatic hydroxyl groups is 1. The van der Waals surface area contributed by atoms with Gasteiger partial charge in [-0.15, -0.1) is 0 Å². The number of rotatable bonds is 12. The fourth-order valence-electron chi connectivity index (χ4n) is 1.99. The molecule has 1 amide bonds. The van der Waals surface area contributed by atoms with E-state index in [0.29, 0.717) is 26.1 Å². The molecule has 5 heteroatoms. The molecular formula is C14H30N2O3. The minimum Gasteiger partial charge on any atom is -0.395 e. The molecule has 3 N–H and O–H groups in total. The fraction of sp³-hybridized carbons (Fsp3) is 0.929. The lowest BCUT2D eigenvalue weighted by Crippen LogP contribution is -2.45. The zero-order valence-electron chi connectivity index (χ0n) is 12.4. The van der Waals surface area contributed by atoms with Crippen LogP contribution in [0.4, 0.5) is 0 Å². The predicted octanol–water partition coefficient (Wildman–Crippen LogP) is 1.14. The number of unbranched alkanes of at least 4 members (excludes halogenated alkanes) is 3. The molecular weight excluding hydrogens is 244 g/mol. The van der Waals surface area contributed by atoms with Crippen molar-refractivity contribution in [1.82, 2.24) is 4.90 Å². The van der Waals surface area contributed by atoms with Crippen LogP contribution in [0.3, 0.4) is 0 Å². The molecule has 0 aromatic carbocycles. The summed E-state index contributed by atoms with van der Waals surface area (Å²) >= 11 is 0. The Morgan fingerprint density at radius 1 is 1.26 bits per heavy atom. The van der Waals surface area contributed by atoms with E-state index < -0.39 is 6.04 Å². The van der Waals surface area contributed by atoms with Crippen LogP contribution in [-0.4, -0.2) is 55.4 Å². The van der Waals surface area contributed by atoms with Gasteiger partial charge in [-0.05, 0) is 19.3 Å². The number of hydrogen-bond acceptors (Lipinski definition) is 4. The van der Waals surface area contributed by atoms with Crippen LogP contribution in [0.5, 0.6) is 0 Å². The first-order valence-corrected chi connectivity index (χ1v) is 7.31. The van der Waals surface area contributed by atoms with Crippen LogP contribution < -0.4 is 5.73 Å². The summed E-state index contributed by atoms with van der Waals surface area (Å²) in [6, 6.07) is -0.479. The van der Waals surface area contributed by atoms with Crippen molar-refractivity contribution in [2.45, 2.75) is 51.5 Å². The molecule has 19 heavy (non-hydrogen) atoms. The van der Waals surface area contributed by atoms with Gasteiger partial charge in [0.1, 0.15) is 0 Å². The van der Waals surface area contributed by atoms with Crippen molar-refractivity contribution in [1.29, 1.82) is 0 Å². The number of carbonyl (C=O) groups excluding carboxylic acids is 1. The van der Waals surface area contributed by atoms with E-state index in [1.54, 1.807) is 12.0 Å². The molecule has 114 valence electrons. The van der Waals surface area contributed by atoms with Gasteiger partial charge in [0.25, 0.3) is 0 Å². The SMILES string of the molecule is CCCCCCN(CCO)C(=O)C(N)CCCOC. The third kappa shape index (κ3) is 8.97. The van der Waals surface area contributed by atoms with Crippen molar-refractivity contribution in [3.05, 3.63) is 0 Å². The molecule has 0 saturated carbocycles. The number of nitrogens with zero attached hydrogens (tertiary/aromatic N) is 1. The van der Waals surface area contributed by atoms with E-state index in [9.17, 15) is 4.79 Å². The van der Waals surface area contributed by atoms with E-state index >= 15 is 0 Å². The van der Waals surface area contributed by atoms with Crippen molar-refractivity contribution < 1.29 is 14.6 Å². The summed E-state index contributed by atoms with van der Waals surface area (Å²) in [7, 11) is 1.64. The van der Waals surface area contributed by atoms with E-state index in [4.69, 9.17) is 15.6 Å². The third-order valence-corrected chi connectivity index (χ3v) is 3.14. The lowest BCUT2D eigenvalue weighted by atomic mass is 10.1. The monoisotopic (exact) mass is 274 g/mol. The van der Waals surface area contributed by atoms with Crippen LogP contribution in [0.2, 0.25) is 0 Å². The predicted molar refractivity (Wildman–Crippen MR) is 76.9 cm³/mol. The Balaban J connectivity index is 4.07. The molecule has 0 radical (unpaired) electrons. The lowest BCUT2D eigenvalue weighted by Gasteiger charge is -2.25. The van der Waals surface area contributed by atoms with E-state index in [0.717, 1.165) is 19.3 Å². The van der Waals surface area contributed by atoms with Gasteiger partial charge in [0, 0.05) is 26.8 Å². The van der Waals surface area contributed by atoms with Gasteiger partial charge in [-0.25, -0.2) is 0 Å². The normalized spacial score (nSPS) is 12.4. The third-order valence-electron chi connectivity index (χ3n) is 3.14. The molecule has 0 aliphatic carbocycles. The first kappa shape index (κ1) is 18.4. The van der Waals surface area contributed by atoms with Crippen LogP contribution in [0, 0.1) is 0 Å². The molecule has 0 spiro atoms. The Morgan fingerprint density at radius 2 is 2.00 bits per heavy atom.